The third-order valence-electron chi connectivity index (χ3n) is 3.84. The Bertz CT molecular complexity index is 433. The van der Waals surface area contributed by atoms with Crippen molar-refractivity contribution in [3.05, 3.63) is 34.9 Å². The van der Waals surface area contributed by atoms with Crippen molar-refractivity contribution < 1.29 is 18.3 Å². The Morgan fingerprint density at radius 3 is 2.53 bits per heavy atom. The van der Waals surface area contributed by atoms with Crippen LogP contribution in [0.5, 0.6) is 0 Å². The molecule has 1 fully saturated rings. The molecule has 1 aliphatic carbocycles. The highest BCUT2D eigenvalue weighted by molar-refractivity contribution is 6.30. The Balaban J connectivity index is 2.22. The van der Waals surface area contributed by atoms with Gasteiger partial charge in [0.2, 0.25) is 0 Å². The third kappa shape index (κ3) is 3.42. The summed E-state index contributed by atoms with van der Waals surface area (Å²) in [6.07, 6.45) is -3.54. The van der Waals surface area contributed by atoms with Gasteiger partial charge in [0.05, 0.1) is 12.0 Å². The topological polar surface area (TPSA) is 20.2 Å². The number of aliphatic hydroxyl groups excluding tert-OH is 1. The molecule has 0 radical (unpaired) electrons. The van der Waals surface area contributed by atoms with Crippen LogP contribution in [0.4, 0.5) is 13.2 Å². The number of hydrogen-bond donors (Lipinski definition) is 1. The van der Waals surface area contributed by atoms with E-state index in [2.05, 4.69) is 0 Å². The average molecular weight is 293 g/mol. The Kier molecular flexibility index (Phi) is 4.41. The van der Waals surface area contributed by atoms with Crippen molar-refractivity contribution in [3.8, 4) is 0 Å². The van der Waals surface area contributed by atoms with Crippen LogP contribution in [-0.4, -0.2) is 11.3 Å². The molecule has 1 aliphatic rings. The molecule has 0 spiro atoms. The molecular formula is C14H16ClF3O. The summed E-state index contributed by atoms with van der Waals surface area (Å²) in [5.74, 6) is -2.19. The minimum atomic E-state index is -4.25. The van der Waals surface area contributed by atoms with E-state index in [1.165, 1.54) is 6.07 Å². The fourth-order valence-corrected chi connectivity index (χ4v) is 3.08. The molecule has 19 heavy (non-hydrogen) atoms. The van der Waals surface area contributed by atoms with E-state index in [1.807, 2.05) is 0 Å². The number of halogens is 4. The first-order valence-corrected chi connectivity index (χ1v) is 6.77. The lowest BCUT2D eigenvalue weighted by Crippen LogP contribution is -2.36. The van der Waals surface area contributed by atoms with E-state index < -0.39 is 24.1 Å². The molecule has 2 rings (SSSR count). The van der Waals surface area contributed by atoms with Crippen molar-refractivity contribution in [1.82, 2.24) is 0 Å². The quantitative estimate of drug-likeness (QED) is 0.834. The smallest absolute Gasteiger partial charge is 0.388 e. The number of aliphatic hydroxyl groups is 1. The van der Waals surface area contributed by atoms with Gasteiger partial charge in [0.15, 0.2) is 0 Å². The van der Waals surface area contributed by atoms with E-state index >= 15 is 0 Å². The summed E-state index contributed by atoms with van der Waals surface area (Å²) < 4.78 is 39.0. The largest absolute Gasteiger partial charge is 0.392 e. The minimum Gasteiger partial charge on any atom is -0.388 e. The predicted molar refractivity (Wildman–Crippen MR) is 67.9 cm³/mol. The van der Waals surface area contributed by atoms with Gasteiger partial charge in [-0.1, -0.05) is 36.6 Å². The summed E-state index contributed by atoms with van der Waals surface area (Å²) in [4.78, 5) is 0. The summed E-state index contributed by atoms with van der Waals surface area (Å²) in [6, 6.07) is 6.44. The van der Waals surface area contributed by atoms with Crippen LogP contribution < -0.4 is 0 Å². The summed E-state index contributed by atoms with van der Waals surface area (Å²) in [5.41, 5.74) is 0.466. The number of hydrogen-bond acceptors (Lipinski definition) is 1. The molecule has 1 aromatic rings. The molecule has 0 aromatic heterocycles. The zero-order chi connectivity index (χ0) is 14.0. The average Bonchev–Trinajstić information content (AvgIpc) is 2.37. The first-order valence-electron chi connectivity index (χ1n) is 6.40. The van der Waals surface area contributed by atoms with Gasteiger partial charge in [-0.2, -0.15) is 13.2 Å². The summed E-state index contributed by atoms with van der Waals surface area (Å²) in [6.45, 7) is 0. The minimum absolute atomic E-state index is 0.103. The summed E-state index contributed by atoms with van der Waals surface area (Å²) in [5, 5.41) is 10.7. The molecule has 1 aromatic carbocycles. The summed E-state index contributed by atoms with van der Waals surface area (Å²) >= 11 is 5.82. The highest BCUT2D eigenvalue weighted by Crippen LogP contribution is 2.46. The van der Waals surface area contributed by atoms with Crippen LogP contribution in [0.25, 0.3) is 0 Å². The van der Waals surface area contributed by atoms with E-state index in [0.29, 0.717) is 23.4 Å². The van der Waals surface area contributed by atoms with E-state index in [9.17, 15) is 18.3 Å². The van der Waals surface area contributed by atoms with Crippen LogP contribution in [0.1, 0.15) is 37.4 Å². The standard InChI is InChI=1S/C14H16ClF3O/c15-10-5-3-4-9(8-10)13(19)11-6-1-2-7-12(11)14(16,17)18/h3-5,8,11-13,19H,1-2,6-7H2. The molecule has 5 heteroatoms. The molecule has 3 atom stereocenters. The zero-order valence-electron chi connectivity index (χ0n) is 10.3. The van der Waals surface area contributed by atoms with Crippen LogP contribution in [-0.2, 0) is 0 Å². The number of alkyl halides is 3. The molecule has 3 unspecified atom stereocenters. The summed E-state index contributed by atoms with van der Waals surface area (Å²) in [7, 11) is 0. The van der Waals surface area contributed by atoms with Crippen LogP contribution >= 0.6 is 11.6 Å². The zero-order valence-corrected chi connectivity index (χ0v) is 11.1. The monoisotopic (exact) mass is 292 g/mol. The van der Waals surface area contributed by atoms with E-state index in [1.54, 1.807) is 18.2 Å². The number of benzene rings is 1. The second-order valence-corrected chi connectivity index (χ2v) is 5.53. The van der Waals surface area contributed by atoms with Crippen LogP contribution in [0, 0.1) is 11.8 Å². The fourth-order valence-electron chi connectivity index (χ4n) is 2.88. The van der Waals surface area contributed by atoms with E-state index in [0.717, 1.165) is 6.42 Å². The third-order valence-corrected chi connectivity index (χ3v) is 4.07. The first kappa shape index (κ1) is 14.7. The second kappa shape index (κ2) is 5.71. The van der Waals surface area contributed by atoms with Crippen LogP contribution in [0.15, 0.2) is 24.3 Å². The lowest BCUT2D eigenvalue weighted by Gasteiger charge is -2.36. The first-order chi connectivity index (χ1) is 8.89. The molecule has 1 saturated carbocycles. The van der Waals surface area contributed by atoms with Crippen molar-refractivity contribution in [2.45, 2.75) is 38.0 Å². The van der Waals surface area contributed by atoms with Crippen LogP contribution in [0.2, 0.25) is 5.02 Å². The Labute approximate surface area is 115 Å². The SMILES string of the molecule is OC(c1cccc(Cl)c1)C1CCCCC1C(F)(F)F. The van der Waals surface area contributed by atoms with E-state index in [4.69, 9.17) is 11.6 Å². The molecule has 1 N–H and O–H groups in total. The van der Waals surface area contributed by atoms with E-state index in [-0.39, 0.29) is 6.42 Å². The van der Waals surface area contributed by atoms with Gasteiger partial charge in [0, 0.05) is 10.9 Å². The number of rotatable bonds is 2. The van der Waals surface area contributed by atoms with Gasteiger partial charge in [-0.25, -0.2) is 0 Å². The molecule has 0 bridgehead atoms. The molecule has 106 valence electrons. The molecular weight excluding hydrogens is 277 g/mol. The predicted octanol–water partition coefficient (Wildman–Crippen LogP) is 4.74. The molecule has 0 aliphatic heterocycles. The molecule has 1 nitrogen and oxygen atoms in total. The van der Waals surface area contributed by atoms with Gasteiger partial charge in [0.1, 0.15) is 0 Å². The van der Waals surface area contributed by atoms with Crippen LogP contribution in [0.3, 0.4) is 0 Å². The van der Waals surface area contributed by atoms with Gasteiger partial charge in [-0.3, -0.25) is 0 Å². The maximum Gasteiger partial charge on any atom is 0.392 e. The molecule has 0 amide bonds. The highest BCUT2D eigenvalue weighted by atomic mass is 35.5. The van der Waals surface area contributed by atoms with Crippen molar-refractivity contribution >= 4 is 11.6 Å². The fraction of sp³-hybridized carbons (Fsp3) is 0.571. The van der Waals surface area contributed by atoms with Crippen molar-refractivity contribution in [2.24, 2.45) is 11.8 Å². The maximum absolute atomic E-state index is 13.0. The van der Waals surface area contributed by atoms with Gasteiger partial charge in [-0.15, -0.1) is 0 Å². The van der Waals surface area contributed by atoms with Crippen molar-refractivity contribution in [2.75, 3.05) is 0 Å². The Hall–Kier alpha value is -0.740. The molecule has 0 saturated heterocycles. The highest BCUT2D eigenvalue weighted by Gasteiger charge is 2.47. The Morgan fingerprint density at radius 1 is 1.21 bits per heavy atom. The normalized spacial score (nSPS) is 26.2. The van der Waals surface area contributed by atoms with Crippen molar-refractivity contribution in [1.29, 1.82) is 0 Å². The lowest BCUT2D eigenvalue weighted by molar-refractivity contribution is -0.207. The van der Waals surface area contributed by atoms with Crippen molar-refractivity contribution in [3.63, 3.8) is 0 Å². The molecule has 0 heterocycles. The maximum atomic E-state index is 13.0. The second-order valence-electron chi connectivity index (χ2n) is 5.10. The van der Waals surface area contributed by atoms with Gasteiger partial charge >= 0.3 is 6.18 Å². The van der Waals surface area contributed by atoms with Gasteiger partial charge in [-0.05, 0) is 30.5 Å². The van der Waals surface area contributed by atoms with Gasteiger partial charge in [0.25, 0.3) is 0 Å². The lowest BCUT2D eigenvalue weighted by atomic mass is 9.74. The van der Waals surface area contributed by atoms with Gasteiger partial charge < -0.3 is 5.11 Å². The Morgan fingerprint density at radius 2 is 1.89 bits per heavy atom.